The second-order valence-electron chi connectivity index (χ2n) is 5.91. The van der Waals surface area contributed by atoms with Crippen LogP contribution in [0.25, 0.3) is 0 Å². The van der Waals surface area contributed by atoms with Gasteiger partial charge in [0.15, 0.2) is 0 Å². The normalized spacial score (nSPS) is 25.4. The van der Waals surface area contributed by atoms with E-state index in [0.717, 1.165) is 24.8 Å². The van der Waals surface area contributed by atoms with Crippen molar-refractivity contribution in [2.45, 2.75) is 52.6 Å². The van der Waals surface area contributed by atoms with Gasteiger partial charge in [0.2, 0.25) is 0 Å². The second-order valence-corrected chi connectivity index (χ2v) is 5.91. The summed E-state index contributed by atoms with van der Waals surface area (Å²) in [6.45, 7) is 11.1. The van der Waals surface area contributed by atoms with Gasteiger partial charge in [-0.2, -0.15) is 0 Å². The zero-order valence-electron chi connectivity index (χ0n) is 12.7. The van der Waals surface area contributed by atoms with Gasteiger partial charge in [0.25, 0.3) is 0 Å². The summed E-state index contributed by atoms with van der Waals surface area (Å²) in [5, 5.41) is 3.47. The lowest BCUT2D eigenvalue weighted by atomic mass is 9.95. The molecule has 0 aliphatic carbocycles. The molecule has 3 nitrogen and oxygen atoms in total. The van der Waals surface area contributed by atoms with E-state index in [1.165, 1.54) is 18.4 Å². The lowest BCUT2D eigenvalue weighted by molar-refractivity contribution is 0.388. The van der Waals surface area contributed by atoms with Crippen LogP contribution in [0.2, 0.25) is 0 Å². The lowest BCUT2D eigenvalue weighted by Crippen LogP contribution is -2.41. The first-order valence-electron chi connectivity index (χ1n) is 7.57. The molecule has 106 valence electrons. The standard InChI is InChI=1S/C16H27N3/c1-5-17-14(4)15-8-9-18-16(10-15)19-11-12(2)6-7-13(19)3/h8-10,12-14,17H,5-7,11H2,1-4H3. The molecule has 0 aromatic carbocycles. The molecule has 1 aromatic heterocycles. The maximum absolute atomic E-state index is 4.59. The van der Waals surface area contributed by atoms with Crippen LogP contribution in [-0.4, -0.2) is 24.1 Å². The average Bonchev–Trinajstić information content (AvgIpc) is 2.42. The molecule has 19 heavy (non-hydrogen) atoms. The summed E-state index contributed by atoms with van der Waals surface area (Å²) in [5.74, 6) is 1.91. The number of rotatable bonds is 4. The molecule has 1 saturated heterocycles. The Bertz CT molecular complexity index is 405. The molecule has 1 aliphatic rings. The summed E-state index contributed by atoms with van der Waals surface area (Å²) in [4.78, 5) is 7.06. The smallest absolute Gasteiger partial charge is 0.129 e. The fourth-order valence-electron chi connectivity index (χ4n) is 2.89. The van der Waals surface area contributed by atoms with Crippen LogP contribution in [0, 0.1) is 5.92 Å². The summed E-state index contributed by atoms with van der Waals surface area (Å²) >= 11 is 0. The van der Waals surface area contributed by atoms with E-state index in [1.807, 2.05) is 6.20 Å². The van der Waals surface area contributed by atoms with Crippen molar-refractivity contribution in [3.8, 4) is 0 Å². The highest BCUT2D eigenvalue weighted by Gasteiger charge is 2.24. The van der Waals surface area contributed by atoms with Crippen LogP contribution in [0.1, 0.15) is 52.1 Å². The Morgan fingerprint density at radius 3 is 2.95 bits per heavy atom. The highest BCUT2D eigenvalue weighted by Crippen LogP contribution is 2.27. The molecular formula is C16H27N3. The van der Waals surface area contributed by atoms with Gasteiger partial charge in [0, 0.05) is 24.8 Å². The SMILES string of the molecule is CCNC(C)c1ccnc(N2CC(C)CCC2C)c1. The Hall–Kier alpha value is -1.09. The number of hydrogen-bond acceptors (Lipinski definition) is 3. The first-order chi connectivity index (χ1) is 9.11. The van der Waals surface area contributed by atoms with Gasteiger partial charge >= 0.3 is 0 Å². The summed E-state index contributed by atoms with van der Waals surface area (Å²) in [5.41, 5.74) is 1.33. The van der Waals surface area contributed by atoms with Crippen molar-refractivity contribution in [2.75, 3.05) is 18.0 Å². The van der Waals surface area contributed by atoms with E-state index in [1.54, 1.807) is 0 Å². The monoisotopic (exact) mass is 261 g/mol. The molecule has 1 aliphatic heterocycles. The van der Waals surface area contributed by atoms with Crippen LogP contribution in [0.5, 0.6) is 0 Å². The number of hydrogen-bond donors (Lipinski definition) is 1. The van der Waals surface area contributed by atoms with Crippen LogP contribution >= 0.6 is 0 Å². The number of piperidine rings is 1. The predicted molar refractivity (Wildman–Crippen MR) is 81.5 cm³/mol. The molecule has 2 heterocycles. The Morgan fingerprint density at radius 1 is 1.42 bits per heavy atom. The van der Waals surface area contributed by atoms with Crippen molar-refractivity contribution in [3.05, 3.63) is 23.9 Å². The van der Waals surface area contributed by atoms with Crippen LogP contribution < -0.4 is 10.2 Å². The zero-order valence-corrected chi connectivity index (χ0v) is 12.7. The fraction of sp³-hybridized carbons (Fsp3) is 0.688. The molecule has 0 bridgehead atoms. The average molecular weight is 261 g/mol. The molecule has 0 amide bonds. The van der Waals surface area contributed by atoms with E-state index in [-0.39, 0.29) is 0 Å². The van der Waals surface area contributed by atoms with Gasteiger partial charge in [0.1, 0.15) is 5.82 Å². The number of anilines is 1. The highest BCUT2D eigenvalue weighted by molar-refractivity contribution is 5.43. The van der Waals surface area contributed by atoms with E-state index < -0.39 is 0 Å². The molecule has 1 fully saturated rings. The molecule has 0 radical (unpaired) electrons. The van der Waals surface area contributed by atoms with Gasteiger partial charge in [0.05, 0.1) is 0 Å². The quantitative estimate of drug-likeness (QED) is 0.900. The molecule has 3 heteroatoms. The number of aromatic nitrogens is 1. The molecule has 1 N–H and O–H groups in total. The minimum absolute atomic E-state index is 0.393. The van der Waals surface area contributed by atoms with Crippen molar-refractivity contribution in [2.24, 2.45) is 5.92 Å². The molecule has 1 aromatic rings. The first-order valence-corrected chi connectivity index (χ1v) is 7.57. The third kappa shape index (κ3) is 3.47. The maximum Gasteiger partial charge on any atom is 0.129 e. The van der Waals surface area contributed by atoms with Crippen LogP contribution in [0.4, 0.5) is 5.82 Å². The van der Waals surface area contributed by atoms with Gasteiger partial charge in [-0.3, -0.25) is 0 Å². The molecule has 2 rings (SSSR count). The van der Waals surface area contributed by atoms with Gasteiger partial charge < -0.3 is 10.2 Å². The second kappa shape index (κ2) is 6.38. The lowest BCUT2D eigenvalue weighted by Gasteiger charge is -2.38. The largest absolute Gasteiger partial charge is 0.354 e. The Morgan fingerprint density at radius 2 is 2.21 bits per heavy atom. The molecular weight excluding hydrogens is 234 g/mol. The Labute approximate surface area is 117 Å². The van der Waals surface area contributed by atoms with Crippen LogP contribution in [-0.2, 0) is 0 Å². The van der Waals surface area contributed by atoms with Gasteiger partial charge in [-0.05, 0) is 56.8 Å². The van der Waals surface area contributed by atoms with Gasteiger partial charge in [-0.25, -0.2) is 4.98 Å². The molecule has 0 spiro atoms. The highest BCUT2D eigenvalue weighted by atomic mass is 15.2. The maximum atomic E-state index is 4.59. The molecule has 0 saturated carbocycles. The fourth-order valence-corrected chi connectivity index (χ4v) is 2.89. The van der Waals surface area contributed by atoms with Gasteiger partial charge in [-0.15, -0.1) is 0 Å². The van der Waals surface area contributed by atoms with Crippen LogP contribution in [0.15, 0.2) is 18.3 Å². The van der Waals surface area contributed by atoms with Crippen molar-refractivity contribution in [3.63, 3.8) is 0 Å². The third-order valence-corrected chi connectivity index (χ3v) is 4.19. The van der Waals surface area contributed by atoms with E-state index in [4.69, 9.17) is 0 Å². The van der Waals surface area contributed by atoms with E-state index >= 15 is 0 Å². The molecule has 3 atom stereocenters. The Kier molecular flexibility index (Phi) is 4.81. The van der Waals surface area contributed by atoms with E-state index in [2.05, 4.69) is 55.0 Å². The topological polar surface area (TPSA) is 28.2 Å². The number of pyridine rings is 1. The van der Waals surface area contributed by atoms with Crippen molar-refractivity contribution < 1.29 is 0 Å². The number of nitrogens with one attached hydrogen (secondary N) is 1. The minimum atomic E-state index is 0.393. The first kappa shape index (κ1) is 14.3. The zero-order chi connectivity index (χ0) is 13.8. The summed E-state index contributed by atoms with van der Waals surface area (Å²) in [7, 11) is 0. The van der Waals surface area contributed by atoms with Gasteiger partial charge in [-0.1, -0.05) is 13.8 Å². The summed E-state index contributed by atoms with van der Waals surface area (Å²) < 4.78 is 0. The van der Waals surface area contributed by atoms with Crippen molar-refractivity contribution in [1.82, 2.24) is 10.3 Å². The minimum Gasteiger partial charge on any atom is -0.354 e. The number of nitrogens with zero attached hydrogens (tertiary/aromatic N) is 2. The summed E-state index contributed by atoms with van der Waals surface area (Å²) in [6.07, 6.45) is 4.56. The Balaban J connectivity index is 2.17. The van der Waals surface area contributed by atoms with Crippen LogP contribution in [0.3, 0.4) is 0 Å². The van der Waals surface area contributed by atoms with E-state index in [0.29, 0.717) is 12.1 Å². The summed E-state index contributed by atoms with van der Waals surface area (Å²) in [6, 6.07) is 5.37. The van der Waals surface area contributed by atoms with Crippen molar-refractivity contribution in [1.29, 1.82) is 0 Å². The predicted octanol–water partition coefficient (Wildman–Crippen LogP) is 3.38. The van der Waals surface area contributed by atoms with Crippen molar-refractivity contribution >= 4 is 5.82 Å². The third-order valence-electron chi connectivity index (χ3n) is 4.19. The van der Waals surface area contributed by atoms with E-state index in [9.17, 15) is 0 Å². The molecule has 3 unspecified atom stereocenters.